The first-order chi connectivity index (χ1) is 38.0. The van der Waals surface area contributed by atoms with E-state index in [1.54, 1.807) is 0 Å². The lowest BCUT2D eigenvalue weighted by atomic mass is 9.94. The summed E-state index contributed by atoms with van der Waals surface area (Å²) in [6.45, 7) is -4.35. The van der Waals surface area contributed by atoms with Crippen molar-refractivity contribution in [1.82, 2.24) is 0 Å². The molecule has 14 unspecified atom stereocenters. The summed E-state index contributed by atoms with van der Waals surface area (Å²) in [4.78, 5) is 0. The predicted molar refractivity (Wildman–Crippen MR) is 245 cm³/mol. The van der Waals surface area contributed by atoms with Gasteiger partial charge in [0.1, 0.15) is 171 Å². The van der Waals surface area contributed by atoms with Crippen molar-refractivity contribution in [3.63, 3.8) is 0 Å². The van der Waals surface area contributed by atoms with Gasteiger partial charge < -0.3 is 173 Å². The monoisotopic (exact) mass is 1180 g/mol. The Kier molecular flexibility index (Phi) is 23.9. The summed E-state index contributed by atoms with van der Waals surface area (Å²) in [6.07, 6.45) is -63.0. The van der Waals surface area contributed by atoms with E-state index in [9.17, 15) is 102 Å². The summed E-state index contributed by atoms with van der Waals surface area (Å²) >= 11 is 0. The molecule has 35 heteroatoms. The van der Waals surface area contributed by atoms with Crippen LogP contribution in [0.1, 0.15) is 6.92 Å². The summed E-state index contributed by atoms with van der Waals surface area (Å²) < 4.78 is 84.2. The fourth-order valence-corrected chi connectivity index (χ4v) is 10.5. The normalized spacial score (nSPS) is 52.5. The average Bonchev–Trinajstić information content (AvgIpc) is 3.50. The zero-order valence-electron chi connectivity index (χ0n) is 43.2. The van der Waals surface area contributed by atoms with Crippen LogP contribution in [-0.4, -0.2) is 377 Å². The number of ether oxygens (including phenoxy) is 15. The number of hydrogen-bond donors (Lipinski definition) is 20. The fraction of sp³-hybridized carbons (Fsp3) is 1.00. The van der Waals surface area contributed by atoms with E-state index >= 15 is 0 Å². The van der Waals surface area contributed by atoms with Crippen molar-refractivity contribution in [3.05, 3.63) is 0 Å². The highest BCUT2D eigenvalue weighted by molar-refractivity contribution is 5.01. The van der Waals surface area contributed by atoms with Crippen molar-refractivity contribution in [2.75, 3.05) is 60.5 Å². The number of methoxy groups -OCH3 is 2. The second-order valence-corrected chi connectivity index (χ2v) is 20.4. The average molecular weight is 1180 g/mol. The molecule has 7 fully saturated rings. The Hall–Kier alpha value is -1.40. The molecule has 0 spiro atoms. The van der Waals surface area contributed by atoms with Crippen molar-refractivity contribution < 1.29 is 173 Å². The van der Waals surface area contributed by atoms with Gasteiger partial charge in [-0.25, -0.2) is 0 Å². The SMILES string of the molecule is COCC1O[C@@H](O[C@@H]2C(O)[C@H](O[C@@H]3C(O)[C@H](O[C@@H]4C(O)[C@H](C)OC(CO[C@@H]5OC(CO)[C@H](O)[C@H](O[C@@H]6OC(CO)[C@H](O)[C@H](O[C@@H]7OC(CO)[C@H](O)[C@H](O)C7O)C6O)C5O)[C@@H]4O)OC(CO)[C@@H]3O)OC(CO)[C@@H]2O)C(O)[C@@H](OC)[C@H]1O. The summed E-state index contributed by atoms with van der Waals surface area (Å²) in [5, 5.41) is 216. The van der Waals surface area contributed by atoms with Gasteiger partial charge in [0, 0.05) is 14.2 Å². The molecule has 0 bridgehead atoms. The molecule has 7 aliphatic heterocycles. The van der Waals surface area contributed by atoms with E-state index in [-0.39, 0.29) is 6.61 Å². The van der Waals surface area contributed by atoms with E-state index in [4.69, 9.17) is 71.1 Å². The smallest absolute Gasteiger partial charge is 0.187 e. The van der Waals surface area contributed by atoms with Gasteiger partial charge in [-0.05, 0) is 6.92 Å². The Bertz CT molecular complexity index is 1850. The second kappa shape index (κ2) is 28.9. The van der Waals surface area contributed by atoms with Crippen LogP contribution in [0.25, 0.3) is 0 Å². The van der Waals surface area contributed by atoms with Gasteiger partial charge in [0.25, 0.3) is 0 Å². The molecule has 0 aliphatic carbocycles. The topological polar surface area (TPSA) is 543 Å². The molecule has 35 atom stereocenters. The van der Waals surface area contributed by atoms with Crippen molar-refractivity contribution in [1.29, 1.82) is 0 Å². The highest BCUT2D eigenvalue weighted by atomic mass is 16.8. The Balaban J connectivity index is 1.02. The maximum atomic E-state index is 11.7. The molecule has 35 nitrogen and oxygen atoms in total. The maximum absolute atomic E-state index is 11.7. The largest absolute Gasteiger partial charge is 0.394 e. The number of aliphatic hydroxyl groups excluding tert-OH is 20. The summed E-state index contributed by atoms with van der Waals surface area (Å²) in [5.74, 6) is 0. The first kappa shape index (κ1) is 66.1. The van der Waals surface area contributed by atoms with Crippen molar-refractivity contribution in [2.45, 2.75) is 222 Å². The molecular formula is C45H78O35. The molecule has 80 heavy (non-hydrogen) atoms. The molecule has 7 heterocycles. The van der Waals surface area contributed by atoms with E-state index in [1.807, 2.05) is 0 Å². The van der Waals surface area contributed by atoms with Crippen molar-refractivity contribution in [2.24, 2.45) is 0 Å². The van der Waals surface area contributed by atoms with Gasteiger partial charge in [0.15, 0.2) is 37.7 Å². The lowest BCUT2D eigenvalue weighted by Crippen LogP contribution is -2.68. The molecule has 468 valence electrons. The Morgan fingerprint density at radius 1 is 0.275 bits per heavy atom. The summed E-state index contributed by atoms with van der Waals surface area (Å²) in [6, 6.07) is 0. The van der Waals surface area contributed by atoms with Gasteiger partial charge in [-0.15, -0.1) is 0 Å². The van der Waals surface area contributed by atoms with Gasteiger partial charge in [-0.2, -0.15) is 0 Å². The molecule has 7 aliphatic rings. The van der Waals surface area contributed by atoms with Crippen LogP contribution in [0.2, 0.25) is 0 Å². The van der Waals surface area contributed by atoms with Gasteiger partial charge >= 0.3 is 0 Å². The molecule has 0 amide bonds. The second-order valence-electron chi connectivity index (χ2n) is 20.4. The molecule has 7 saturated heterocycles. The first-order valence-corrected chi connectivity index (χ1v) is 25.7. The minimum absolute atomic E-state index is 0.218. The van der Waals surface area contributed by atoms with Crippen LogP contribution in [0.5, 0.6) is 0 Å². The third-order valence-electron chi connectivity index (χ3n) is 15.2. The quantitative estimate of drug-likeness (QED) is 0.0507. The lowest BCUT2D eigenvalue weighted by molar-refractivity contribution is -0.388. The van der Waals surface area contributed by atoms with Crippen LogP contribution in [0, 0.1) is 0 Å². The van der Waals surface area contributed by atoms with E-state index < -0.39 is 254 Å². The van der Waals surface area contributed by atoms with Crippen LogP contribution in [0.3, 0.4) is 0 Å². The van der Waals surface area contributed by atoms with Crippen molar-refractivity contribution >= 4 is 0 Å². The molecule has 0 radical (unpaired) electrons. The Morgan fingerprint density at radius 2 is 0.550 bits per heavy atom. The summed E-state index contributed by atoms with van der Waals surface area (Å²) in [7, 11) is 2.49. The molecule has 0 saturated carbocycles. The zero-order chi connectivity index (χ0) is 58.8. The Morgan fingerprint density at radius 3 is 0.912 bits per heavy atom. The molecular weight excluding hydrogens is 1100 g/mol. The highest BCUT2D eigenvalue weighted by Gasteiger charge is 2.58. The van der Waals surface area contributed by atoms with Gasteiger partial charge in [-0.1, -0.05) is 0 Å². The van der Waals surface area contributed by atoms with Crippen LogP contribution in [0.15, 0.2) is 0 Å². The van der Waals surface area contributed by atoms with Crippen molar-refractivity contribution in [3.8, 4) is 0 Å². The van der Waals surface area contributed by atoms with Crippen LogP contribution >= 0.6 is 0 Å². The predicted octanol–water partition coefficient (Wildman–Crippen LogP) is -13.9. The number of hydrogen-bond acceptors (Lipinski definition) is 35. The van der Waals surface area contributed by atoms with E-state index in [2.05, 4.69) is 0 Å². The lowest BCUT2D eigenvalue weighted by Gasteiger charge is -2.49. The van der Waals surface area contributed by atoms with E-state index in [0.717, 1.165) is 0 Å². The highest BCUT2D eigenvalue weighted by Crippen LogP contribution is 2.37. The van der Waals surface area contributed by atoms with Gasteiger partial charge in [-0.3, -0.25) is 0 Å². The first-order valence-electron chi connectivity index (χ1n) is 25.7. The molecule has 0 aromatic carbocycles. The third kappa shape index (κ3) is 13.7. The molecule has 7 rings (SSSR count). The third-order valence-corrected chi connectivity index (χ3v) is 15.2. The Labute approximate surface area is 454 Å². The van der Waals surface area contributed by atoms with Gasteiger partial charge in [0.2, 0.25) is 0 Å². The zero-order valence-corrected chi connectivity index (χ0v) is 43.2. The number of rotatable bonds is 21. The number of aliphatic hydroxyl groups is 20. The molecule has 20 N–H and O–H groups in total. The van der Waals surface area contributed by atoms with Gasteiger partial charge in [0.05, 0.1) is 52.4 Å². The van der Waals surface area contributed by atoms with Crippen LogP contribution < -0.4 is 0 Å². The molecule has 0 aromatic rings. The minimum atomic E-state index is -2.15. The van der Waals surface area contributed by atoms with E-state index in [0.29, 0.717) is 0 Å². The standard InChI is InChI=1S/C45H78O35/c1-11-19(51)35(76-43-32(64)39(24(56)15(7-49)72-43)80-45-33(65)38(23(55)16(8-50)74-45)79-42-29(61)34(67-3)25(57)17(75-42)9-66-2)26(58)18(69-11)10-68-40-30(62)36(21(53)13(5-47)70-40)78-44-31(63)37(22(54)14(6-48)73-44)77-41-28(60)27(59)20(52)12(4-46)71-41/h11-65H,4-10H2,1-3H3/t11-,12?,13?,14?,15?,16?,17?,18?,19?,20-,21-,22-,23-,24-,25-,26-,27-,28?,29?,30?,31?,32?,33?,34-,35+,36-,37-,38-,39-,40+,41-,42-,43-,44-,45-/m0/s1. The summed E-state index contributed by atoms with van der Waals surface area (Å²) in [5.41, 5.74) is 0. The maximum Gasteiger partial charge on any atom is 0.187 e. The van der Waals surface area contributed by atoms with Crippen LogP contribution in [0.4, 0.5) is 0 Å². The fourth-order valence-electron chi connectivity index (χ4n) is 10.5. The van der Waals surface area contributed by atoms with E-state index in [1.165, 1.54) is 21.1 Å². The van der Waals surface area contributed by atoms with Crippen LogP contribution in [-0.2, 0) is 71.1 Å². The molecule has 0 aromatic heterocycles. The minimum Gasteiger partial charge on any atom is -0.394 e.